The summed E-state index contributed by atoms with van der Waals surface area (Å²) in [5.41, 5.74) is 2.72. The van der Waals surface area contributed by atoms with Crippen LogP contribution in [0.2, 0.25) is 0 Å². The second-order valence-electron chi connectivity index (χ2n) is 5.73. The van der Waals surface area contributed by atoms with Crippen molar-refractivity contribution in [3.8, 4) is 0 Å². The van der Waals surface area contributed by atoms with Gasteiger partial charge in [0.25, 0.3) is 0 Å². The zero-order chi connectivity index (χ0) is 17.1. The number of carbonyl (C=O) groups excluding carboxylic acids is 1. The Labute approximate surface area is 140 Å². The lowest BCUT2D eigenvalue weighted by atomic mass is 10.1. The van der Waals surface area contributed by atoms with Crippen molar-refractivity contribution in [2.24, 2.45) is 7.05 Å². The molecule has 0 aliphatic heterocycles. The van der Waals surface area contributed by atoms with Gasteiger partial charge >= 0.3 is 0 Å². The van der Waals surface area contributed by atoms with Crippen LogP contribution in [0.25, 0.3) is 11.0 Å². The molecule has 1 unspecified atom stereocenters. The maximum absolute atomic E-state index is 12.7. The molecule has 2 heterocycles. The number of hydrogen-bond donors (Lipinski definition) is 2. The molecular weight excluding hydrogens is 304 g/mol. The summed E-state index contributed by atoms with van der Waals surface area (Å²) in [6.07, 6.45) is 4.48. The SMILES string of the molecule is CCCn1c(NC(=O)C(NC)c2cnn(C)c2)nc2ccccc21. The predicted octanol–water partition coefficient (Wildman–Crippen LogP) is 2.08. The predicted molar refractivity (Wildman–Crippen MR) is 93.7 cm³/mol. The molecule has 24 heavy (non-hydrogen) atoms. The quantitative estimate of drug-likeness (QED) is 0.727. The Kier molecular flexibility index (Phi) is 4.61. The smallest absolute Gasteiger partial charge is 0.248 e. The molecular formula is C17H22N6O. The molecule has 0 bridgehead atoms. The van der Waals surface area contributed by atoms with Crippen molar-refractivity contribution < 1.29 is 4.79 Å². The molecule has 0 aliphatic rings. The van der Waals surface area contributed by atoms with Crippen LogP contribution >= 0.6 is 0 Å². The molecule has 3 aromatic rings. The number of fused-ring (bicyclic) bond motifs is 1. The summed E-state index contributed by atoms with van der Waals surface area (Å²) in [5, 5.41) is 10.1. The number of hydrogen-bond acceptors (Lipinski definition) is 4. The summed E-state index contributed by atoms with van der Waals surface area (Å²) in [5.74, 6) is 0.422. The van der Waals surface area contributed by atoms with E-state index in [0.717, 1.165) is 29.6 Å². The number of aromatic nitrogens is 4. The number of nitrogens with one attached hydrogen (secondary N) is 2. The first-order valence-corrected chi connectivity index (χ1v) is 8.06. The Hall–Kier alpha value is -2.67. The van der Waals surface area contributed by atoms with Crippen LogP contribution in [0.5, 0.6) is 0 Å². The van der Waals surface area contributed by atoms with E-state index in [0.29, 0.717) is 5.95 Å². The van der Waals surface area contributed by atoms with Crippen LogP contribution in [-0.2, 0) is 18.4 Å². The van der Waals surface area contributed by atoms with E-state index in [-0.39, 0.29) is 5.91 Å². The molecule has 2 aromatic heterocycles. The molecule has 2 N–H and O–H groups in total. The largest absolute Gasteiger partial charge is 0.310 e. The number of benzene rings is 1. The first kappa shape index (κ1) is 16.2. The topological polar surface area (TPSA) is 76.8 Å². The highest BCUT2D eigenvalue weighted by Gasteiger charge is 2.22. The standard InChI is InChI=1S/C17H22N6O/c1-4-9-23-14-8-6-5-7-13(14)20-17(23)21-16(24)15(18-2)12-10-19-22(3)11-12/h5-8,10-11,15,18H,4,9H2,1-3H3,(H,20,21,24). The van der Waals surface area contributed by atoms with Gasteiger partial charge in [-0.2, -0.15) is 5.10 Å². The van der Waals surface area contributed by atoms with Crippen LogP contribution in [0.3, 0.4) is 0 Å². The minimum absolute atomic E-state index is 0.154. The van der Waals surface area contributed by atoms with Crippen molar-refractivity contribution in [1.82, 2.24) is 24.6 Å². The molecule has 1 atom stereocenters. The van der Waals surface area contributed by atoms with Crippen molar-refractivity contribution >= 4 is 22.9 Å². The molecule has 0 aliphatic carbocycles. The highest BCUT2D eigenvalue weighted by molar-refractivity contribution is 5.95. The maximum Gasteiger partial charge on any atom is 0.248 e. The first-order valence-electron chi connectivity index (χ1n) is 8.06. The molecule has 0 fully saturated rings. The van der Waals surface area contributed by atoms with Crippen LogP contribution in [0.15, 0.2) is 36.7 Å². The van der Waals surface area contributed by atoms with Crippen molar-refractivity contribution in [3.05, 3.63) is 42.2 Å². The number of rotatable bonds is 6. The number of imidazole rings is 1. The van der Waals surface area contributed by atoms with Crippen LogP contribution in [0.1, 0.15) is 24.9 Å². The van der Waals surface area contributed by atoms with E-state index in [1.807, 2.05) is 42.1 Å². The summed E-state index contributed by atoms with van der Waals surface area (Å²) in [6.45, 7) is 2.90. The summed E-state index contributed by atoms with van der Waals surface area (Å²) < 4.78 is 3.72. The van der Waals surface area contributed by atoms with Gasteiger partial charge in [-0.3, -0.25) is 14.8 Å². The van der Waals surface area contributed by atoms with Crippen molar-refractivity contribution in [3.63, 3.8) is 0 Å². The Morgan fingerprint density at radius 1 is 1.33 bits per heavy atom. The van der Waals surface area contributed by atoms with E-state index in [9.17, 15) is 4.79 Å². The molecule has 3 rings (SSSR count). The van der Waals surface area contributed by atoms with Gasteiger partial charge in [-0.1, -0.05) is 19.1 Å². The van der Waals surface area contributed by atoms with Gasteiger partial charge in [-0.15, -0.1) is 0 Å². The summed E-state index contributed by atoms with van der Waals surface area (Å²) in [6, 6.07) is 7.42. The van der Waals surface area contributed by atoms with Gasteiger partial charge in [0, 0.05) is 25.4 Å². The zero-order valence-corrected chi connectivity index (χ0v) is 14.2. The molecule has 1 amide bonds. The average Bonchev–Trinajstić information content (AvgIpc) is 3.13. The van der Waals surface area contributed by atoms with Crippen LogP contribution in [0.4, 0.5) is 5.95 Å². The van der Waals surface area contributed by atoms with Crippen LogP contribution in [-0.4, -0.2) is 32.3 Å². The summed E-state index contributed by atoms with van der Waals surface area (Å²) in [4.78, 5) is 17.3. The van der Waals surface area contributed by atoms with Gasteiger partial charge in [0.1, 0.15) is 6.04 Å². The fourth-order valence-corrected chi connectivity index (χ4v) is 2.84. The number of carbonyl (C=O) groups is 1. The van der Waals surface area contributed by atoms with Gasteiger partial charge in [0.2, 0.25) is 11.9 Å². The Morgan fingerprint density at radius 3 is 2.79 bits per heavy atom. The lowest BCUT2D eigenvalue weighted by molar-refractivity contribution is -0.118. The number of likely N-dealkylation sites (N-methyl/N-ethyl adjacent to an activating group) is 1. The van der Waals surface area contributed by atoms with E-state index in [1.54, 1.807) is 17.9 Å². The molecule has 0 saturated heterocycles. The van der Waals surface area contributed by atoms with E-state index in [4.69, 9.17) is 0 Å². The Morgan fingerprint density at radius 2 is 2.12 bits per heavy atom. The molecule has 7 heteroatoms. The summed E-state index contributed by atoms with van der Waals surface area (Å²) in [7, 11) is 3.58. The number of amides is 1. The Bertz CT molecular complexity index is 850. The van der Waals surface area contributed by atoms with Crippen LogP contribution in [0, 0.1) is 0 Å². The highest BCUT2D eigenvalue weighted by atomic mass is 16.2. The number of nitrogens with zero attached hydrogens (tertiary/aromatic N) is 4. The zero-order valence-electron chi connectivity index (χ0n) is 14.2. The fraction of sp³-hybridized carbons (Fsp3) is 0.353. The highest BCUT2D eigenvalue weighted by Crippen LogP contribution is 2.21. The van der Waals surface area contributed by atoms with Crippen molar-refractivity contribution in [1.29, 1.82) is 0 Å². The third kappa shape index (κ3) is 3.03. The molecule has 7 nitrogen and oxygen atoms in total. The molecule has 126 valence electrons. The maximum atomic E-state index is 12.7. The third-order valence-corrected chi connectivity index (χ3v) is 3.95. The third-order valence-electron chi connectivity index (χ3n) is 3.95. The normalized spacial score (nSPS) is 12.5. The molecule has 0 spiro atoms. The van der Waals surface area contributed by atoms with Gasteiger partial charge in [0.15, 0.2) is 0 Å². The van der Waals surface area contributed by atoms with E-state index < -0.39 is 6.04 Å². The molecule has 1 aromatic carbocycles. The van der Waals surface area contributed by atoms with Gasteiger partial charge in [-0.05, 0) is 25.6 Å². The lowest BCUT2D eigenvalue weighted by Crippen LogP contribution is -2.31. The summed E-state index contributed by atoms with van der Waals surface area (Å²) >= 11 is 0. The van der Waals surface area contributed by atoms with E-state index in [2.05, 4.69) is 27.6 Å². The fourth-order valence-electron chi connectivity index (χ4n) is 2.84. The first-order chi connectivity index (χ1) is 11.6. The van der Waals surface area contributed by atoms with Gasteiger partial charge in [-0.25, -0.2) is 4.98 Å². The van der Waals surface area contributed by atoms with E-state index in [1.165, 1.54) is 0 Å². The molecule has 0 saturated carbocycles. The van der Waals surface area contributed by atoms with Gasteiger partial charge in [0.05, 0.1) is 17.2 Å². The minimum Gasteiger partial charge on any atom is -0.310 e. The number of para-hydroxylation sites is 2. The lowest BCUT2D eigenvalue weighted by Gasteiger charge is -2.15. The van der Waals surface area contributed by atoms with E-state index >= 15 is 0 Å². The van der Waals surface area contributed by atoms with Crippen molar-refractivity contribution in [2.45, 2.75) is 25.9 Å². The average molecular weight is 326 g/mol. The van der Waals surface area contributed by atoms with Gasteiger partial charge < -0.3 is 9.88 Å². The van der Waals surface area contributed by atoms with Crippen molar-refractivity contribution in [2.75, 3.05) is 12.4 Å². The second kappa shape index (κ2) is 6.84. The monoisotopic (exact) mass is 326 g/mol. The number of aryl methyl sites for hydroxylation is 2. The molecule has 0 radical (unpaired) electrons. The second-order valence-corrected chi connectivity index (χ2v) is 5.73. The van der Waals surface area contributed by atoms with Crippen LogP contribution < -0.4 is 10.6 Å². The Balaban J connectivity index is 1.90. The minimum atomic E-state index is -0.478. The number of anilines is 1.